The Morgan fingerprint density at radius 2 is 2.07 bits per heavy atom. The van der Waals surface area contributed by atoms with Crippen molar-refractivity contribution < 1.29 is 0 Å². The molecule has 1 N–H and O–H groups in total. The van der Waals surface area contributed by atoms with Gasteiger partial charge < -0.3 is 5.32 Å². The minimum absolute atomic E-state index is 0.497. The number of aryl methyl sites for hydroxylation is 1. The maximum atomic E-state index is 3.34. The van der Waals surface area contributed by atoms with Crippen LogP contribution in [0.2, 0.25) is 0 Å². The summed E-state index contributed by atoms with van der Waals surface area (Å²) in [6.07, 6.45) is 5.08. The van der Waals surface area contributed by atoms with E-state index in [1.54, 1.807) is 11.3 Å². The van der Waals surface area contributed by atoms with Gasteiger partial charge in [0.25, 0.3) is 0 Å². The van der Waals surface area contributed by atoms with Gasteiger partial charge in [-0.3, -0.25) is 0 Å². The predicted octanol–water partition coefficient (Wildman–Crippen LogP) is 3.71. The van der Waals surface area contributed by atoms with Crippen LogP contribution in [0.25, 0.3) is 0 Å². The molecule has 0 bridgehead atoms. The van der Waals surface area contributed by atoms with Gasteiger partial charge >= 0.3 is 0 Å². The molecule has 0 amide bonds. The highest BCUT2D eigenvalue weighted by atomic mass is 32.1. The predicted molar refractivity (Wildman–Crippen MR) is 69.6 cm³/mol. The lowest BCUT2D eigenvalue weighted by atomic mass is 9.77. The molecule has 0 fully saturated rings. The van der Waals surface area contributed by atoms with E-state index in [0.29, 0.717) is 5.41 Å². The average Bonchev–Trinajstić information content (AvgIpc) is 2.77. The van der Waals surface area contributed by atoms with Gasteiger partial charge in [0.1, 0.15) is 0 Å². The van der Waals surface area contributed by atoms with Crippen molar-refractivity contribution in [2.45, 2.75) is 39.5 Å². The minimum Gasteiger partial charge on any atom is -0.319 e. The largest absolute Gasteiger partial charge is 0.319 e. The minimum atomic E-state index is 0.497. The Balaban J connectivity index is 2.50. The van der Waals surface area contributed by atoms with Crippen LogP contribution < -0.4 is 5.32 Å². The van der Waals surface area contributed by atoms with Gasteiger partial charge in [0.15, 0.2) is 0 Å². The summed E-state index contributed by atoms with van der Waals surface area (Å²) < 4.78 is 0. The molecule has 1 nitrogen and oxygen atoms in total. The van der Waals surface area contributed by atoms with Gasteiger partial charge in [-0.05, 0) is 60.5 Å². The number of thiophene rings is 1. The third-order valence-corrected chi connectivity index (χ3v) is 4.31. The highest BCUT2D eigenvalue weighted by Crippen LogP contribution is 2.31. The number of hydrogen-bond acceptors (Lipinski definition) is 2. The summed E-state index contributed by atoms with van der Waals surface area (Å²) in [5.41, 5.74) is 2.00. The quantitative estimate of drug-likeness (QED) is 0.746. The van der Waals surface area contributed by atoms with E-state index in [4.69, 9.17) is 0 Å². The fourth-order valence-electron chi connectivity index (χ4n) is 2.16. The Morgan fingerprint density at radius 3 is 2.53 bits per heavy atom. The number of hydrogen-bond donors (Lipinski definition) is 1. The molecule has 0 saturated carbocycles. The Bertz CT molecular complexity index is 250. The van der Waals surface area contributed by atoms with Crippen LogP contribution in [0.15, 0.2) is 16.8 Å². The highest BCUT2D eigenvalue weighted by molar-refractivity contribution is 7.07. The Hall–Kier alpha value is -0.340. The van der Waals surface area contributed by atoms with E-state index in [0.717, 1.165) is 6.54 Å². The molecular formula is C13H23NS. The van der Waals surface area contributed by atoms with Gasteiger partial charge in [0, 0.05) is 6.54 Å². The first-order valence-electron chi connectivity index (χ1n) is 5.92. The second-order valence-corrected chi connectivity index (χ2v) is 5.15. The van der Waals surface area contributed by atoms with Crippen molar-refractivity contribution in [3.63, 3.8) is 0 Å². The van der Waals surface area contributed by atoms with Crippen molar-refractivity contribution in [2.24, 2.45) is 5.41 Å². The van der Waals surface area contributed by atoms with Crippen LogP contribution in [-0.2, 0) is 6.42 Å². The van der Waals surface area contributed by atoms with E-state index in [1.165, 1.54) is 31.2 Å². The summed E-state index contributed by atoms with van der Waals surface area (Å²) in [5.74, 6) is 0. The fraction of sp³-hybridized carbons (Fsp3) is 0.692. The molecule has 1 aromatic rings. The normalized spacial score (nSPS) is 11.9. The van der Waals surface area contributed by atoms with Gasteiger partial charge in [0.2, 0.25) is 0 Å². The summed E-state index contributed by atoms with van der Waals surface area (Å²) in [6.45, 7) is 5.77. The second kappa shape index (κ2) is 6.29. The summed E-state index contributed by atoms with van der Waals surface area (Å²) in [4.78, 5) is 0. The number of nitrogens with one attached hydrogen (secondary N) is 1. The molecule has 0 aromatic carbocycles. The van der Waals surface area contributed by atoms with Crippen LogP contribution in [0, 0.1) is 5.41 Å². The molecule has 15 heavy (non-hydrogen) atoms. The van der Waals surface area contributed by atoms with Gasteiger partial charge in [-0.25, -0.2) is 0 Å². The number of rotatable bonds is 7. The maximum Gasteiger partial charge on any atom is 0.000471 e. The molecule has 1 heterocycles. The first-order chi connectivity index (χ1) is 7.26. The van der Waals surface area contributed by atoms with E-state index in [2.05, 4.69) is 43.0 Å². The molecular weight excluding hydrogens is 202 g/mol. The van der Waals surface area contributed by atoms with Gasteiger partial charge in [0.05, 0.1) is 0 Å². The van der Waals surface area contributed by atoms with E-state index in [9.17, 15) is 0 Å². The first-order valence-corrected chi connectivity index (χ1v) is 6.86. The van der Waals surface area contributed by atoms with Crippen LogP contribution in [0.1, 0.15) is 38.7 Å². The van der Waals surface area contributed by atoms with E-state index in [1.807, 2.05) is 0 Å². The molecule has 86 valence electrons. The zero-order valence-corrected chi connectivity index (χ0v) is 11.0. The van der Waals surface area contributed by atoms with Crippen molar-refractivity contribution in [1.29, 1.82) is 0 Å². The molecule has 1 aromatic heterocycles. The summed E-state index contributed by atoms with van der Waals surface area (Å²) >= 11 is 1.80. The van der Waals surface area contributed by atoms with Gasteiger partial charge in [-0.15, -0.1) is 0 Å². The zero-order chi connectivity index (χ0) is 11.1. The molecule has 0 spiro atoms. The lowest BCUT2D eigenvalue weighted by molar-refractivity contribution is 0.234. The molecule has 0 saturated heterocycles. The molecule has 0 radical (unpaired) electrons. The van der Waals surface area contributed by atoms with Gasteiger partial charge in [-0.1, -0.05) is 13.8 Å². The van der Waals surface area contributed by atoms with Crippen molar-refractivity contribution in [2.75, 3.05) is 13.6 Å². The standard InChI is InChI=1S/C13H23NS/c1-4-13(5-2,11-14-3)8-6-12-7-9-15-10-12/h7,9-10,14H,4-6,8,11H2,1-3H3. The van der Waals surface area contributed by atoms with Crippen LogP contribution in [-0.4, -0.2) is 13.6 Å². The average molecular weight is 225 g/mol. The van der Waals surface area contributed by atoms with E-state index < -0.39 is 0 Å². The van der Waals surface area contributed by atoms with Crippen molar-refractivity contribution >= 4 is 11.3 Å². The molecule has 0 atom stereocenters. The molecule has 2 heteroatoms. The van der Waals surface area contributed by atoms with Crippen LogP contribution >= 0.6 is 11.3 Å². The first kappa shape index (κ1) is 12.7. The SMILES string of the molecule is CCC(CC)(CCc1ccsc1)CNC. The molecule has 1 rings (SSSR count). The zero-order valence-electron chi connectivity index (χ0n) is 10.2. The Labute approximate surface area is 97.9 Å². The second-order valence-electron chi connectivity index (χ2n) is 4.37. The lowest BCUT2D eigenvalue weighted by Crippen LogP contribution is -2.32. The topological polar surface area (TPSA) is 12.0 Å². The third-order valence-electron chi connectivity index (χ3n) is 3.58. The molecule has 0 aliphatic heterocycles. The Morgan fingerprint density at radius 1 is 1.33 bits per heavy atom. The molecule has 0 aliphatic carbocycles. The van der Waals surface area contributed by atoms with Crippen LogP contribution in [0.3, 0.4) is 0 Å². The summed E-state index contributed by atoms with van der Waals surface area (Å²) in [5, 5.41) is 7.79. The molecule has 0 unspecified atom stereocenters. The van der Waals surface area contributed by atoms with Crippen LogP contribution in [0.5, 0.6) is 0 Å². The van der Waals surface area contributed by atoms with Crippen molar-refractivity contribution in [1.82, 2.24) is 5.32 Å². The lowest BCUT2D eigenvalue weighted by Gasteiger charge is -2.31. The van der Waals surface area contributed by atoms with Crippen molar-refractivity contribution in [3.05, 3.63) is 22.4 Å². The maximum absolute atomic E-state index is 3.34. The monoisotopic (exact) mass is 225 g/mol. The van der Waals surface area contributed by atoms with E-state index >= 15 is 0 Å². The molecule has 0 aliphatic rings. The van der Waals surface area contributed by atoms with Gasteiger partial charge in [-0.2, -0.15) is 11.3 Å². The summed E-state index contributed by atoms with van der Waals surface area (Å²) in [7, 11) is 2.06. The van der Waals surface area contributed by atoms with Crippen molar-refractivity contribution in [3.8, 4) is 0 Å². The van der Waals surface area contributed by atoms with E-state index in [-0.39, 0.29) is 0 Å². The summed E-state index contributed by atoms with van der Waals surface area (Å²) in [6, 6.07) is 2.25. The van der Waals surface area contributed by atoms with Crippen LogP contribution in [0.4, 0.5) is 0 Å². The smallest absolute Gasteiger partial charge is 0.000471 e. The third kappa shape index (κ3) is 3.62. The fourth-order valence-corrected chi connectivity index (χ4v) is 2.86. The Kier molecular flexibility index (Phi) is 5.34. The highest BCUT2D eigenvalue weighted by Gasteiger charge is 2.24.